The summed E-state index contributed by atoms with van der Waals surface area (Å²) < 4.78 is 41.2. The maximum absolute atomic E-state index is 13.1. The Hall–Kier alpha value is -2.48. The molecule has 3 aromatic rings. The zero-order chi connectivity index (χ0) is 20.6. The molecular formula is C21H20F3N3OS. The lowest BCUT2D eigenvalue weighted by Gasteiger charge is -2.16. The number of carbonyl (C=O) groups excluding carboxylic acids is 1. The van der Waals surface area contributed by atoms with Crippen molar-refractivity contribution in [3.05, 3.63) is 59.7 Å². The summed E-state index contributed by atoms with van der Waals surface area (Å²) in [6.07, 6.45) is -2.37. The lowest BCUT2D eigenvalue weighted by Crippen LogP contribution is -2.30. The molecule has 0 unspecified atom stereocenters. The lowest BCUT2D eigenvalue weighted by molar-refractivity contribution is -0.137. The molecule has 1 aliphatic carbocycles. The highest BCUT2D eigenvalue weighted by molar-refractivity contribution is 7.99. The molecule has 4 nitrogen and oxygen atoms in total. The largest absolute Gasteiger partial charge is 0.416 e. The van der Waals surface area contributed by atoms with Crippen LogP contribution in [-0.4, -0.2) is 39.2 Å². The molecule has 0 aliphatic heterocycles. The van der Waals surface area contributed by atoms with Crippen LogP contribution in [0.25, 0.3) is 11.0 Å². The van der Waals surface area contributed by atoms with Crippen LogP contribution in [0.3, 0.4) is 0 Å². The molecule has 1 aromatic heterocycles. The van der Waals surface area contributed by atoms with Gasteiger partial charge in [-0.25, -0.2) is 4.98 Å². The van der Waals surface area contributed by atoms with Gasteiger partial charge in [-0.2, -0.15) is 13.2 Å². The van der Waals surface area contributed by atoms with Gasteiger partial charge in [0.05, 0.1) is 28.9 Å². The smallest absolute Gasteiger partial charge is 0.342 e. The van der Waals surface area contributed by atoms with Gasteiger partial charge in [-0.05, 0) is 36.6 Å². The monoisotopic (exact) mass is 419 g/mol. The van der Waals surface area contributed by atoms with Crippen molar-refractivity contribution in [2.45, 2.75) is 36.8 Å². The van der Waals surface area contributed by atoms with Crippen LogP contribution in [0.1, 0.15) is 24.0 Å². The fraction of sp³-hybridized carbons (Fsp3) is 0.333. The number of amides is 1. The van der Waals surface area contributed by atoms with Crippen LogP contribution >= 0.6 is 11.8 Å². The zero-order valence-corrected chi connectivity index (χ0v) is 16.6. The molecule has 0 spiro atoms. The summed E-state index contributed by atoms with van der Waals surface area (Å²) in [4.78, 5) is 18.6. The normalized spacial score (nSPS) is 14.3. The van der Waals surface area contributed by atoms with Crippen LogP contribution in [0.2, 0.25) is 0 Å². The quantitative estimate of drug-likeness (QED) is 0.538. The molecule has 29 heavy (non-hydrogen) atoms. The first-order chi connectivity index (χ1) is 13.8. The fourth-order valence-corrected chi connectivity index (χ4v) is 4.14. The van der Waals surface area contributed by atoms with Gasteiger partial charge in [-0.3, -0.25) is 4.79 Å². The molecule has 0 N–H and O–H groups in total. The minimum atomic E-state index is -4.42. The van der Waals surface area contributed by atoms with Crippen LogP contribution in [0, 0.1) is 0 Å². The van der Waals surface area contributed by atoms with Gasteiger partial charge in [0.1, 0.15) is 0 Å². The fourth-order valence-electron chi connectivity index (χ4n) is 3.21. The number of carbonyl (C=O) groups is 1. The summed E-state index contributed by atoms with van der Waals surface area (Å²) in [6.45, 7) is 0.470. The summed E-state index contributed by atoms with van der Waals surface area (Å²) in [7, 11) is 1.79. The van der Waals surface area contributed by atoms with Gasteiger partial charge in [-0.1, -0.05) is 42.1 Å². The average molecular weight is 419 g/mol. The predicted octanol–water partition coefficient (Wildman–Crippen LogP) is 4.82. The number of benzene rings is 2. The number of thioether (sulfide) groups is 1. The maximum atomic E-state index is 13.1. The number of aromatic nitrogens is 2. The number of alkyl halides is 3. The Balaban J connectivity index is 1.66. The SMILES string of the molecule is CN(C(=O)CSc1nc2cc(C(F)(F)F)ccc2n1Cc1ccccc1)C1CC1. The van der Waals surface area contributed by atoms with Crippen LogP contribution in [0.5, 0.6) is 0 Å². The Morgan fingerprint density at radius 3 is 2.59 bits per heavy atom. The van der Waals surface area contributed by atoms with Gasteiger partial charge in [0.25, 0.3) is 0 Å². The summed E-state index contributed by atoms with van der Waals surface area (Å²) in [5.41, 5.74) is 1.18. The van der Waals surface area contributed by atoms with E-state index in [1.807, 2.05) is 34.9 Å². The van der Waals surface area contributed by atoms with Crippen LogP contribution < -0.4 is 0 Å². The second kappa shape index (κ2) is 7.74. The van der Waals surface area contributed by atoms with E-state index in [1.165, 1.54) is 17.8 Å². The molecule has 0 saturated heterocycles. The Kier molecular flexibility index (Phi) is 5.29. The third-order valence-corrected chi connectivity index (χ3v) is 6.00. The molecule has 4 rings (SSSR count). The van der Waals surface area contributed by atoms with Gasteiger partial charge in [0.2, 0.25) is 5.91 Å². The predicted molar refractivity (Wildman–Crippen MR) is 107 cm³/mol. The van der Waals surface area contributed by atoms with E-state index < -0.39 is 11.7 Å². The van der Waals surface area contributed by atoms with Gasteiger partial charge < -0.3 is 9.47 Å². The van der Waals surface area contributed by atoms with Crippen molar-refractivity contribution in [2.24, 2.45) is 0 Å². The highest BCUT2D eigenvalue weighted by Crippen LogP contribution is 2.33. The second-order valence-corrected chi connectivity index (χ2v) is 8.13. The summed E-state index contributed by atoms with van der Waals surface area (Å²) in [6, 6.07) is 13.6. The number of hydrogen-bond donors (Lipinski definition) is 0. The van der Waals surface area contributed by atoms with E-state index in [1.54, 1.807) is 11.9 Å². The topological polar surface area (TPSA) is 38.1 Å². The van der Waals surface area contributed by atoms with E-state index in [0.717, 1.165) is 30.5 Å². The van der Waals surface area contributed by atoms with E-state index in [4.69, 9.17) is 0 Å². The molecule has 1 heterocycles. The molecular weight excluding hydrogens is 399 g/mol. The summed E-state index contributed by atoms with van der Waals surface area (Å²) in [5.74, 6) is 0.212. The zero-order valence-electron chi connectivity index (χ0n) is 15.8. The van der Waals surface area contributed by atoms with Gasteiger partial charge >= 0.3 is 6.18 Å². The van der Waals surface area contributed by atoms with Crippen molar-refractivity contribution in [3.8, 4) is 0 Å². The number of nitrogens with zero attached hydrogens (tertiary/aromatic N) is 3. The van der Waals surface area contributed by atoms with Crippen molar-refractivity contribution >= 4 is 28.7 Å². The average Bonchev–Trinajstić information content (AvgIpc) is 3.49. The van der Waals surface area contributed by atoms with Crippen molar-refractivity contribution in [2.75, 3.05) is 12.8 Å². The van der Waals surface area contributed by atoms with E-state index in [0.29, 0.717) is 23.3 Å². The maximum Gasteiger partial charge on any atom is 0.416 e. The highest BCUT2D eigenvalue weighted by atomic mass is 32.2. The number of hydrogen-bond acceptors (Lipinski definition) is 3. The Morgan fingerprint density at radius 1 is 1.21 bits per heavy atom. The van der Waals surface area contributed by atoms with Crippen LogP contribution in [0.4, 0.5) is 13.2 Å². The molecule has 8 heteroatoms. The number of halogens is 3. The van der Waals surface area contributed by atoms with Gasteiger partial charge in [0.15, 0.2) is 5.16 Å². The molecule has 2 aromatic carbocycles. The third kappa shape index (κ3) is 4.42. The first-order valence-electron chi connectivity index (χ1n) is 9.33. The van der Waals surface area contributed by atoms with Gasteiger partial charge in [-0.15, -0.1) is 0 Å². The van der Waals surface area contributed by atoms with E-state index in [-0.39, 0.29) is 17.2 Å². The van der Waals surface area contributed by atoms with Gasteiger partial charge in [0, 0.05) is 13.1 Å². The number of imidazole rings is 1. The number of rotatable bonds is 6. The van der Waals surface area contributed by atoms with E-state index in [9.17, 15) is 18.0 Å². The minimum Gasteiger partial charge on any atom is -0.342 e. The Morgan fingerprint density at radius 2 is 1.93 bits per heavy atom. The molecule has 0 radical (unpaired) electrons. The molecule has 1 aliphatic rings. The Labute approximate surface area is 170 Å². The third-order valence-electron chi connectivity index (χ3n) is 5.04. The van der Waals surface area contributed by atoms with Crippen molar-refractivity contribution in [1.29, 1.82) is 0 Å². The Bertz CT molecular complexity index is 1030. The molecule has 1 fully saturated rings. The summed E-state index contributed by atoms with van der Waals surface area (Å²) >= 11 is 1.27. The van der Waals surface area contributed by atoms with Crippen molar-refractivity contribution in [1.82, 2.24) is 14.5 Å². The molecule has 0 bridgehead atoms. The summed E-state index contributed by atoms with van der Waals surface area (Å²) in [5, 5.41) is 0.542. The molecule has 0 atom stereocenters. The molecule has 152 valence electrons. The van der Waals surface area contributed by atoms with E-state index in [2.05, 4.69) is 4.98 Å². The first-order valence-corrected chi connectivity index (χ1v) is 10.3. The van der Waals surface area contributed by atoms with Crippen molar-refractivity contribution in [3.63, 3.8) is 0 Å². The second-order valence-electron chi connectivity index (χ2n) is 7.19. The molecule has 1 amide bonds. The lowest BCUT2D eigenvalue weighted by atomic mass is 10.2. The van der Waals surface area contributed by atoms with E-state index >= 15 is 0 Å². The molecule has 1 saturated carbocycles. The standard InChI is InChI=1S/C21H20F3N3OS/c1-26(16-8-9-16)19(28)13-29-20-25-17-11-15(21(22,23)24)7-10-18(17)27(20)12-14-5-3-2-4-6-14/h2-7,10-11,16H,8-9,12-13H2,1H3. The minimum absolute atomic E-state index is 0.00629. The van der Waals surface area contributed by atoms with Crippen molar-refractivity contribution < 1.29 is 18.0 Å². The van der Waals surface area contributed by atoms with Crippen LogP contribution in [0.15, 0.2) is 53.7 Å². The highest BCUT2D eigenvalue weighted by Gasteiger charge is 2.32. The first kappa shape index (κ1) is 19.8. The number of fused-ring (bicyclic) bond motifs is 1. The van der Waals surface area contributed by atoms with Crippen LogP contribution in [-0.2, 0) is 17.5 Å².